The highest BCUT2D eigenvalue weighted by atomic mass is 127. The van der Waals surface area contributed by atoms with Crippen LogP contribution in [-0.2, 0) is 0 Å². The first-order valence-corrected chi connectivity index (χ1v) is 9.71. The van der Waals surface area contributed by atoms with Crippen molar-refractivity contribution in [3.8, 4) is 5.75 Å². The number of phenols is 1. The minimum absolute atomic E-state index is 0. The topological polar surface area (TPSA) is 54.3 Å². The Labute approximate surface area is 181 Å². The largest absolute Gasteiger partial charge is 0.506 e. The highest BCUT2D eigenvalue weighted by Crippen LogP contribution is 2.27. The average Bonchev–Trinajstić information content (AvgIpc) is 2.65. The summed E-state index contributed by atoms with van der Waals surface area (Å²) in [5, 5.41) is 13.5. The van der Waals surface area contributed by atoms with Crippen LogP contribution in [0.3, 0.4) is 0 Å². The summed E-state index contributed by atoms with van der Waals surface area (Å²) in [6.45, 7) is 10.1. The van der Waals surface area contributed by atoms with E-state index in [0.717, 1.165) is 57.3 Å². The highest BCUT2D eigenvalue weighted by Gasteiger charge is 2.21. The number of piperazine rings is 1. The number of nitrogens with one attached hydrogen (secondary N) is 1. The number of halogens is 1. The van der Waals surface area contributed by atoms with Crippen molar-refractivity contribution < 1.29 is 5.11 Å². The predicted octanol–water partition coefficient (Wildman–Crippen LogP) is 2.83. The number of aliphatic imine (C=N–C) groups is 1. The summed E-state index contributed by atoms with van der Waals surface area (Å²) < 4.78 is 0. The number of benzene rings is 1. The van der Waals surface area contributed by atoms with Gasteiger partial charge >= 0.3 is 0 Å². The normalized spacial score (nSPS) is 15.3. The van der Waals surface area contributed by atoms with Gasteiger partial charge in [0.2, 0.25) is 0 Å². The third kappa shape index (κ3) is 7.37. The molecule has 0 spiro atoms. The molecule has 0 amide bonds. The second-order valence-electron chi connectivity index (χ2n) is 7.22. The smallest absolute Gasteiger partial charge is 0.193 e. The number of nitrogens with zero attached hydrogens (tertiary/aromatic N) is 4. The SMILES string of the molecule is CN=C(NCCCCN(C)C(C)C)N1CCN(c2ccccc2O)CC1.I. The van der Waals surface area contributed by atoms with Crippen LogP contribution >= 0.6 is 24.0 Å². The predicted molar refractivity (Wildman–Crippen MR) is 126 cm³/mol. The zero-order valence-corrected chi connectivity index (χ0v) is 19.5. The molecule has 1 aliphatic rings. The molecule has 2 N–H and O–H groups in total. The molecule has 1 fully saturated rings. The fourth-order valence-corrected chi connectivity index (χ4v) is 3.17. The van der Waals surface area contributed by atoms with E-state index in [4.69, 9.17) is 0 Å². The third-order valence-electron chi connectivity index (χ3n) is 5.12. The average molecular weight is 489 g/mol. The Hall–Kier alpha value is -1.22. The van der Waals surface area contributed by atoms with Crippen LogP contribution < -0.4 is 10.2 Å². The third-order valence-corrected chi connectivity index (χ3v) is 5.12. The van der Waals surface area contributed by atoms with E-state index in [2.05, 4.69) is 45.9 Å². The van der Waals surface area contributed by atoms with Crippen molar-refractivity contribution in [1.82, 2.24) is 15.1 Å². The van der Waals surface area contributed by atoms with Gasteiger partial charge in [0, 0.05) is 45.8 Å². The summed E-state index contributed by atoms with van der Waals surface area (Å²) in [4.78, 5) is 11.4. The first-order valence-electron chi connectivity index (χ1n) is 9.71. The Morgan fingerprint density at radius 1 is 1.19 bits per heavy atom. The summed E-state index contributed by atoms with van der Waals surface area (Å²) in [5.41, 5.74) is 0.921. The molecule has 0 radical (unpaired) electrons. The van der Waals surface area contributed by atoms with E-state index in [-0.39, 0.29) is 24.0 Å². The van der Waals surface area contributed by atoms with Gasteiger partial charge in [-0.05, 0) is 52.4 Å². The van der Waals surface area contributed by atoms with Gasteiger partial charge < -0.3 is 25.1 Å². The molecule has 6 nitrogen and oxygen atoms in total. The fourth-order valence-electron chi connectivity index (χ4n) is 3.17. The molecule has 1 aliphatic heterocycles. The molecule has 27 heavy (non-hydrogen) atoms. The Bertz CT molecular complexity index is 573. The van der Waals surface area contributed by atoms with Crippen LogP contribution in [0.4, 0.5) is 5.69 Å². The maximum absolute atomic E-state index is 10.0. The molecule has 1 aromatic carbocycles. The number of unbranched alkanes of at least 4 members (excludes halogenated alkanes) is 1. The summed E-state index contributed by atoms with van der Waals surface area (Å²) in [7, 11) is 4.03. The first kappa shape index (κ1) is 23.8. The van der Waals surface area contributed by atoms with Gasteiger partial charge in [0.05, 0.1) is 5.69 Å². The molecule has 1 aromatic rings. The monoisotopic (exact) mass is 489 g/mol. The molecule has 0 aliphatic carbocycles. The van der Waals surface area contributed by atoms with Crippen molar-refractivity contribution in [1.29, 1.82) is 0 Å². The standard InChI is InChI=1S/C20H35N5O.HI/c1-17(2)23(4)12-8-7-11-22-20(21-3)25-15-13-24(14-16-25)18-9-5-6-10-19(18)26;/h5-6,9-10,17,26H,7-8,11-16H2,1-4H3,(H,21,22);1H. The van der Waals surface area contributed by atoms with E-state index in [1.807, 2.05) is 25.2 Å². The van der Waals surface area contributed by atoms with Crippen molar-refractivity contribution in [3.63, 3.8) is 0 Å². The molecular weight excluding hydrogens is 453 g/mol. The van der Waals surface area contributed by atoms with Crippen LogP contribution in [0.1, 0.15) is 26.7 Å². The number of hydrogen-bond donors (Lipinski definition) is 2. The zero-order chi connectivity index (χ0) is 18.9. The summed E-state index contributed by atoms with van der Waals surface area (Å²) in [6, 6.07) is 8.17. The number of phenolic OH excluding ortho intramolecular Hbond substituents is 1. The van der Waals surface area contributed by atoms with Crippen LogP contribution in [0.15, 0.2) is 29.3 Å². The van der Waals surface area contributed by atoms with Crippen LogP contribution in [-0.4, -0.2) is 80.3 Å². The second kappa shape index (κ2) is 12.3. The molecule has 154 valence electrons. The summed E-state index contributed by atoms with van der Waals surface area (Å²) >= 11 is 0. The van der Waals surface area contributed by atoms with Gasteiger partial charge in [-0.2, -0.15) is 0 Å². The lowest BCUT2D eigenvalue weighted by Gasteiger charge is -2.37. The lowest BCUT2D eigenvalue weighted by molar-refractivity contribution is 0.268. The Kier molecular flexibility index (Phi) is 10.8. The highest BCUT2D eigenvalue weighted by molar-refractivity contribution is 14.0. The van der Waals surface area contributed by atoms with Crippen LogP contribution in [0.25, 0.3) is 0 Å². The van der Waals surface area contributed by atoms with Crippen LogP contribution in [0.5, 0.6) is 5.75 Å². The Morgan fingerprint density at radius 2 is 1.85 bits per heavy atom. The van der Waals surface area contributed by atoms with Gasteiger partial charge in [0.1, 0.15) is 5.75 Å². The van der Waals surface area contributed by atoms with Crippen molar-refractivity contribution in [2.75, 3.05) is 58.3 Å². The molecule has 0 atom stereocenters. The van der Waals surface area contributed by atoms with E-state index >= 15 is 0 Å². The van der Waals surface area contributed by atoms with E-state index in [0.29, 0.717) is 11.8 Å². The maximum Gasteiger partial charge on any atom is 0.193 e. The second-order valence-corrected chi connectivity index (χ2v) is 7.22. The number of para-hydroxylation sites is 2. The Morgan fingerprint density at radius 3 is 2.44 bits per heavy atom. The molecule has 0 bridgehead atoms. The maximum atomic E-state index is 10.0. The van der Waals surface area contributed by atoms with Gasteiger partial charge in [-0.15, -0.1) is 24.0 Å². The van der Waals surface area contributed by atoms with E-state index in [1.54, 1.807) is 6.07 Å². The van der Waals surface area contributed by atoms with Gasteiger partial charge in [-0.3, -0.25) is 4.99 Å². The number of guanidine groups is 1. The molecule has 1 heterocycles. The van der Waals surface area contributed by atoms with Crippen molar-refractivity contribution in [3.05, 3.63) is 24.3 Å². The van der Waals surface area contributed by atoms with Crippen molar-refractivity contribution >= 4 is 35.6 Å². The summed E-state index contributed by atoms with van der Waals surface area (Å²) in [5.74, 6) is 1.34. The molecule has 7 heteroatoms. The van der Waals surface area contributed by atoms with Crippen molar-refractivity contribution in [2.45, 2.75) is 32.7 Å². The number of anilines is 1. The Balaban J connectivity index is 0.00000364. The van der Waals surface area contributed by atoms with E-state index in [9.17, 15) is 5.11 Å². The minimum Gasteiger partial charge on any atom is -0.506 e. The number of rotatable bonds is 7. The molecule has 0 unspecified atom stereocenters. The molecule has 0 aromatic heterocycles. The van der Waals surface area contributed by atoms with E-state index < -0.39 is 0 Å². The van der Waals surface area contributed by atoms with E-state index in [1.165, 1.54) is 6.42 Å². The van der Waals surface area contributed by atoms with Gasteiger partial charge in [0.15, 0.2) is 5.96 Å². The minimum atomic E-state index is 0. The van der Waals surface area contributed by atoms with Crippen LogP contribution in [0, 0.1) is 0 Å². The van der Waals surface area contributed by atoms with Gasteiger partial charge in [0.25, 0.3) is 0 Å². The zero-order valence-electron chi connectivity index (χ0n) is 17.2. The van der Waals surface area contributed by atoms with Gasteiger partial charge in [-0.25, -0.2) is 0 Å². The quantitative estimate of drug-likeness (QED) is 0.267. The van der Waals surface area contributed by atoms with Crippen LogP contribution in [0.2, 0.25) is 0 Å². The molecule has 2 rings (SSSR count). The van der Waals surface area contributed by atoms with Crippen molar-refractivity contribution in [2.24, 2.45) is 4.99 Å². The molecule has 1 saturated heterocycles. The first-order chi connectivity index (χ1) is 12.5. The number of hydrogen-bond acceptors (Lipinski definition) is 4. The molecule has 0 saturated carbocycles. The molecular formula is C20H36IN5O. The summed E-state index contributed by atoms with van der Waals surface area (Å²) in [6.07, 6.45) is 2.34. The van der Waals surface area contributed by atoms with Gasteiger partial charge in [-0.1, -0.05) is 12.1 Å². The number of aromatic hydroxyl groups is 1. The fraction of sp³-hybridized carbons (Fsp3) is 0.650. The lowest BCUT2D eigenvalue weighted by Crippen LogP contribution is -2.52. The lowest BCUT2D eigenvalue weighted by atomic mass is 10.2.